The van der Waals surface area contributed by atoms with Crippen molar-refractivity contribution < 1.29 is 31.1 Å². The molecule has 4 nitrogen and oxygen atoms in total. The van der Waals surface area contributed by atoms with Crippen molar-refractivity contribution in [3.63, 3.8) is 0 Å². The lowest BCUT2D eigenvalue weighted by Gasteiger charge is -2.14. The first-order valence-electron chi connectivity index (χ1n) is 7.37. The summed E-state index contributed by atoms with van der Waals surface area (Å²) in [6.45, 7) is 0. The van der Waals surface area contributed by atoms with Crippen LogP contribution in [0, 0.1) is 0 Å². The van der Waals surface area contributed by atoms with Crippen LogP contribution in [0.15, 0.2) is 48.7 Å². The molecule has 1 amide bonds. The van der Waals surface area contributed by atoms with Crippen molar-refractivity contribution in [2.45, 2.75) is 12.4 Å². The number of aromatic nitrogens is 2. The molecule has 1 aromatic heterocycles. The molecule has 0 saturated heterocycles. The van der Waals surface area contributed by atoms with Gasteiger partial charge in [0.15, 0.2) is 0 Å². The maximum atomic E-state index is 12.9. The van der Waals surface area contributed by atoms with Crippen molar-refractivity contribution in [1.82, 2.24) is 9.97 Å². The third-order valence-corrected chi connectivity index (χ3v) is 3.53. The fourth-order valence-corrected chi connectivity index (χ4v) is 2.29. The molecule has 0 radical (unpaired) electrons. The molecule has 0 unspecified atom stereocenters. The van der Waals surface area contributed by atoms with Crippen LogP contribution in [-0.2, 0) is 12.4 Å². The Labute approximate surface area is 147 Å². The second-order valence-corrected chi connectivity index (χ2v) is 5.49. The highest BCUT2D eigenvalue weighted by Gasteiger charge is 2.37. The number of benzene rings is 2. The number of halogens is 6. The third kappa shape index (κ3) is 4.15. The van der Waals surface area contributed by atoms with Gasteiger partial charge in [0.25, 0.3) is 5.91 Å². The Kier molecular flexibility index (Phi) is 4.50. The zero-order chi connectivity index (χ0) is 19.8. The summed E-state index contributed by atoms with van der Waals surface area (Å²) in [7, 11) is 0. The maximum absolute atomic E-state index is 12.9. The predicted molar refractivity (Wildman–Crippen MR) is 83.9 cm³/mol. The molecule has 0 fully saturated rings. The number of rotatable bonds is 2. The molecule has 27 heavy (non-hydrogen) atoms. The van der Waals surface area contributed by atoms with Gasteiger partial charge in [-0.1, -0.05) is 12.1 Å². The summed E-state index contributed by atoms with van der Waals surface area (Å²) < 4.78 is 77.2. The van der Waals surface area contributed by atoms with Crippen molar-refractivity contribution in [2.24, 2.45) is 0 Å². The van der Waals surface area contributed by atoms with E-state index in [1.807, 2.05) is 5.32 Å². The van der Waals surface area contributed by atoms with E-state index < -0.39 is 35.1 Å². The number of carbonyl (C=O) groups is 1. The first-order valence-corrected chi connectivity index (χ1v) is 7.37. The number of para-hydroxylation sites is 2. The minimum absolute atomic E-state index is 0.0223. The molecule has 0 bridgehead atoms. The van der Waals surface area contributed by atoms with Gasteiger partial charge in [-0.15, -0.1) is 0 Å². The van der Waals surface area contributed by atoms with E-state index in [0.29, 0.717) is 23.2 Å². The summed E-state index contributed by atoms with van der Waals surface area (Å²) in [6.07, 6.45) is -8.94. The van der Waals surface area contributed by atoms with Crippen molar-refractivity contribution in [3.8, 4) is 0 Å². The molecular weight excluding hydrogens is 376 g/mol. The van der Waals surface area contributed by atoms with Gasteiger partial charge in [0.1, 0.15) is 5.69 Å². The average Bonchev–Trinajstić information content (AvgIpc) is 2.59. The fraction of sp³-hybridized carbons (Fsp3) is 0.118. The Hall–Kier alpha value is -3.17. The third-order valence-electron chi connectivity index (χ3n) is 3.53. The Morgan fingerprint density at radius 1 is 0.852 bits per heavy atom. The van der Waals surface area contributed by atoms with Crippen molar-refractivity contribution >= 4 is 22.6 Å². The number of carbonyl (C=O) groups excluding carboxylic acids is 1. The standard InChI is InChI=1S/C17H9F6N3O/c18-16(19,20)9-5-10(17(21,22)23)7-11(6-9)25-15(27)14-8-24-12-3-1-2-4-13(12)26-14/h1-8H,(H,25,27). The smallest absolute Gasteiger partial charge is 0.321 e. The molecule has 140 valence electrons. The molecule has 3 aromatic rings. The van der Waals surface area contributed by atoms with Gasteiger partial charge in [0.2, 0.25) is 0 Å². The molecule has 0 spiro atoms. The van der Waals surface area contributed by atoms with Crippen LogP contribution in [0.2, 0.25) is 0 Å². The number of nitrogens with zero attached hydrogens (tertiary/aromatic N) is 2. The number of fused-ring (bicyclic) bond motifs is 1. The molecular formula is C17H9F6N3O. The van der Waals surface area contributed by atoms with E-state index >= 15 is 0 Å². The zero-order valence-corrected chi connectivity index (χ0v) is 13.2. The van der Waals surface area contributed by atoms with Gasteiger partial charge in [-0.2, -0.15) is 26.3 Å². The summed E-state index contributed by atoms with van der Waals surface area (Å²) in [5.41, 5.74) is -3.14. The molecule has 0 aliphatic rings. The van der Waals surface area contributed by atoms with Crippen LogP contribution >= 0.6 is 0 Å². The topological polar surface area (TPSA) is 54.9 Å². The van der Waals surface area contributed by atoms with E-state index in [1.54, 1.807) is 24.3 Å². The molecule has 0 aliphatic carbocycles. The number of alkyl halides is 6. The minimum Gasteiger partial charge on any atom is -0.321 e. The van der Waals surface area contributed by atoms with E-state index in [4.69, 9.17) is 0 Å². The number of hydrogen-bond acceptors (Lipinski definition) is 3. The lowest BCUT2D eigenvalue weighted by atomic mass is 10.1. The predicted octanol–water partition coefficient (Wildman–Crippen LogP) is 4.92. The minimum atomic E-state index is -5.01. The summed E-state index contributed by atoms with van der Waals surface area (Å²) in [5, 5.41) is 2.01. The Bertz CT molecular complexity index is 981. The van der Waals surface area contributed by atoms with E-state index in [0.717, 1.165) is 6.20 Å². The quantitative estimate of drug-likeness (QED) is 0.637. The van der Waals surface area contributed by atoms with Crippen LogP contribution in [0.3, 0.4) is 0 Å². The highest BCUT2D eigenvalue weighted by molar-refractivity contribution is 6.03. The first-order chi connectivity index (χ1) is 12.5. The van der Waals surface area contributed by atoms with Crippen LogP contribution < -0.4 is 5.32 Å². The Morgan fingerprint density at radius 3 is 1.96 bits per heavy atom. The summed E-state index contributed by atoms with van der Waals surface area (Å²) in [5.74, 6) is -0.985. The van der Waals surface area contributed by atoms with Gasteiger partial charge >= 0.3 is 12.4 Å². The van der Waals surface area contributed by atoms with Gasteiger partial charge in [-0.25, -0.2) is 4.98 Å². The zero-order valence-electron chi connectivity index (χ0n) is 13.2. The Balaban J connectivity index is 1.96. The monoisotopic (exact) mass is 385 g/mol. The Morgan fingerprint density at radius 2 is 1.41 bits per heavy atom. The molecule has 1 heterocycles. The van der Waals surface area contributed by atoms with Crippen molar-refractivity contribution in [3.05, 3.63) is 65.5 Å². The van der Waals surface area contributed by atoms with E-state index in [-0.39, 0.29) is 11.8 Å². The molecule has 0 atom stereocenters. The van der Waals surface area contributed by atoms with Gasteiger partial charge in [-0.05, 0) is 30.3 Å². The van der Waals surface area contributed by atoms with Crippen molar-refractivity contribution in [2.75, 3.05) is 5.32 Å². The van der Waals surface area contributed by atoms with Crippen LogP contribution in [0.1, 0.15) is 21.6 Å². The summed E-state index contributed by atoms with van der Waals surface area (Å²) in [6, 6.07) is 7.34. The SMILES string of the molecule is O=C(Nc1cc(C(F)(F)F)cc(C(F)(F)F)c1)c1cnc2ccccc2n1. The number of amides is 1. The van der Waals surface area contributed by atoms with Crippen LogP contribution in [-0.4, -0.2) is 15.9 Å². The molecule has 0 saturated carbocycles. The number of hydrogen-bond donors (Lipinski definition) is 1. The highest BCUT2D eigenvalue weighted by atomic mass is 19.4. The molecule has 10 heteroatoms. The first kappa shape index (κ1) is 18.6. The van der Waals surface area contributed by atoms with Crippen LogP contribution in [0.4, 0.5) is 32.0 Å². The van der Waals surface area contributed by atoms with Crippen LogP contribution in [0.5, 0.6) is 0 Å². The lowest BCUT2D eigenvalue weighted by Crippen LogP contribution is -2.17. The van der Waals surface area contributed by atoms with Crippen LogP contribution in [0.25, 0.3) is 11.0 Å². The van der Waals surface area contributed by atoms with E-state index in [1.165, 1.54) is 0 Å². The molecule has 3 rings (SSSR count). The maximum Gasteiger partial charge on any atom is 0.416 e. The fourth-order valence-electron chi connectivity index (χ4n) is 2.29. The second-order valence-electron chi connectivity index (χ2n) is 5.49. The van der Waals surface area contributed by atoms with E-state index in [2.05, 4.69) is 9.97 Å². The van der Waals surface area contributed by atoms with Gasteiger partial charge in [-0.3, -0.25) is 9.78 Å². The normalized spacial score (nSPS) is 12.2. The average molecular weight is 385 g/mol. The molecule has 2 aromatic carbocycles. The number of anilines is 1. The molecule has 0 aliphatic heterocycles. The molecule has 1 N–H and O–H groups in total. The highest BCUT2D eigenvalue weighted by Crippen LogP contribution is 2.37. The van der Waals surface area contributed by atoms with Crippen molar-refractivity contribution in [1.29, 1.82) is 0 Å². The van der Waals surface area contributed by atoms with Gasteiger partial charge in [0.05, 0.1) is 28.4 Å². The second kappa shape index (κ2) is 6.53. The summed E-state index contributed by atoms with van der Waals surface area (Å²) >= 11 is 0. The summed E-state index contributed by atoms with van der Waals surface area (Å²) in [4.78, 5) is 20.2. The van der Waals surface area contributed by atoms with Gasteiger partial charge in [0, 0.05) is 5.69 Å². The number of nitrogens with one attached hydrogen (secondary N) is 1. The van der Waals surface area contributed by atoms with E-state index in [9.17, 15) is 31.1 Å². The largest absolute Gasteiger partial charge is 0.416 e. The lowest BCUT2D eigenvalue weighted by molar-refractivity contribution is -0.143. The van der Waals surface area contributed by atoms with Gasteiger partial charge < -0.3 is 5.32 Å².